The number of aliphatic hydroxyl groups is 4. The van der Waals surface area contributed by atoms with Gasteiger partial charge in [0, 0.05) is 32.5 Å². The lowest BCUT2D eigenvalue weighted by Crippen LogP contribution is -2.62. The maximum Gasteiger partial charge on any atom is 0.248 e. The minimum atomic E-state index is -1.83. The van der Waals surface area contributed by atoms with Crippen molar-refractivity contribution in [2.45, 2.75) is 198 Å². The summed E-state index contributed by atoms with van der Waals surface area (Å²) in [5, 5.41) is 70.1. The number of nitrogens with zero attached hydrogens (tertiary/aromatic N) is 3. The number of phenols is 1. The monoisotopic (exact) mass is 1020 g/mol. The van der Waals surface area contributed by atoms with E-state index in [4.69, 9.17) is 5.73 Å². The molecule has 22 nitrogen and oxygen atoms in total. The van der Waals surface area contributed by atoms with Crippen LogP contribution < -0.4 is 32.3 Å². The molecule has 12 N–H and O–H groups in total. The summed E-state index contributed by atoms with van der Waals surface area (Å²) in [6.45, 7) is 6.84. The lowest BCUT2D eigenvalue weighted by Gasteiger charge is -2.33. The number of benzene rings is 1. The smallest absolute Gasteiger partial charge is 0.248 e. The highest BCUT2D eigenvalue weighted by atomic mass is 16.3. The van der Waals surface area contributed by atoms with Gasteiger partial charge in [0.15, 0.2) is 0 Å². The molecular formula is C50H81N9O13. The predicted octanol–water partition coefficient (Wildman–Crippen LogP) is 0.771. The number of aryl methyl sites for hydroxylation is 1. The number of nitrogens with one attached hydrogen (secondary N) is 5. The molecule has 3 aliphatic heterocycles. The zero-order valence-electron chi connectivity index (χ0n) is 42.4. The largest absolute Gasteiger partial charge is 0.506 e. The van der Waals surface area contributed by atoms with Crippen LogP contribution in [0, 0.1) is 16.7 Å². The van der Waals surface area contributed by atoms with Crippen molar-refractivity contribution in [1.29, 1.82) is 0 Å². The first kappa shape index (κ1) is 59.1. The van der Waals surface area contributed by atoms with Crippen molar-refractivity contribution in [3.8, 4) is 5.75 Å². The number of amides is 7. The van der Waals surface area contributed by atoms with E-state index >= 15 is 0 Å². The van der Waals surface area contributed by atoms with Crippen LogP contribution in [0.5, 0.6) is 5.75 Å². The average molecular weight is 1020 g/mol. The second kappa shape index (κ2) is 29.3. The van der Waals surface area contributed by atoms with Gasteiger partial charge in [0.05, 0.1) is 36.6 Å². The van der Waals surface area contributed by atoms with Crippen LogP contribution in [0.4, 0.5) is 5.69 Å². The zero-order valence-corrected chi connectivity index (χ0v) is 42.4. The fourth-order valence-corrected chi connectivity index (χ4v) is 9.81. The van der Waals surface area contributed by atoms with E-state index in [1.165, 1.54) is 38.3 Å². The molecule has 3 aliphatic rings. The van der Waals surface area contributed by atoms with Gasteiger partial charge in [-0.15, -0.1) is 0 Å². The number of anilines is 1. The normalized spacial score (nSPS) is 26.7. The number of hydrogen-bond acceptors (Lipinski definition) is 15. The molecule has 0 aliphatic carbocycles. The lowest BCUT2D eigenvalue weighted by molar-refractivity contribution is -0.146. The molecular weight excluding hydrogens is 935 g/mol. The third-order valence-corrected chi connectivity index (χ3v) is 14.2. The molecule has 6 unspecified atom stereocenters. The number of nitroso groups, excluding NO2 is 1. The highest BCUT2D eigenvalue weighted by Gasteiger charge is 2.46. The third kappa shape index (κ3) is 17.6. The molecule has 404 valence electrons. The molecule has 1 aromatic rings. The zero-order chi connectivity index (χ0) is 53.1. The molecule has 0 aromatic heterocycles. The molecule has 22 heteroatoms. The van der Waals surface area contributed by atoms with Crippen LogP contribution in [0.15, 0.2) is 23.4 Å². The van der Waals surface area contributed by atoms with E-state index in [2.05, 4.69) is 52.5 Å². The predicted molar refractivity (Wildman–Crippen MR) is 266 cm³/mol. The van der Waals surface area contributed by atoms with Gasteiger partial charge in [0.25, 0.3) is 0 Å². The van der Waals surface area contributed by atoms with Crippen molar-refractivity contribution in [2.24, 2.45) is 17.0 Å². The quantitative estimate of drug-likeness (QED) is 0.0351. The van der Waals surface area contributed by atoms with E-state index in [9.17, 15) is 64.0 Å². The molecule has 0 spiro atoms. The number of hydrogen-bond donors (Lipinski definition) is 11. The maximum absolute atomic E-state index is 14.4. The van der Waals surface area contributed by atoms with Crippen LogP contribution in [0.2, 0.25) is 0 Å². The van der Waals surface area contributed by atoms with Crippen LogP contribution in [0.3, 0.4) is 0 Å². The Bertz CT molecular complexity index is 1990. The van der Waals surface area contributed by atoms with E-state index in [0.717, 1.165) is 41.9 Å². The number of phenolic OH excluding ortho intramolecular Hbond substituents is 1. The van der Waals surface area contributed by atoms with E-state index in [1.54, 1.807) is 6.07 Å². The molecule has 0 saturated carbocycles. The van der Waals surface area contributed by atoms with E-state index in [-0.39, 0.29) is 56.6 Å². The van der Waals surface area contributed by atoms with Crippen LogP contribution in [-0.4, -0.2) is 164 Å². The summed E-state index contributed by atoms with van der Waals surface area (Å²) in [6.07, 6.45) is 2.22. The van der Waals surface area contributed by atoms with Crippen LogP contribution in [0.1, 0.15) is 136 Å². The number of unbranched alkanes of at least 4 members (excludes halogenated alkanes) is 5. The van der Waals surface area contributed by atoms with Crippen molar-refractivity contribution in [3.63, 3.8) is 0 Å². The Morgan fingerprint density at radius 1 is 0.833 bits per heavy atom. The second-order valence-electron chi connectivity index (χ2n) is 20.2. The molecule has 7 amide bonds. The summed E-state index contributed by atoms with van der Waals surface area (Å²) < 4.78 is 0. The van der Waals surface area contributed by atoms with Crippen LogP contribution in [0.25, 0.3) is 0 Å². The molecule has 4 rings (SSSR count). The van der Waals surface area contributed by atoms with Gasteiger partial charge >= 0.3 is 0 Å². The number of fused-ring (bicyclic) bond motifs is 2. The average Bonchev–Trinajstić information content (AvgIpc) is 4.00. The summed E-state index contributed by atoms with van der Waals surface area (Å²) in [6, 6.07) is -4.88. The topological polar surface area (TPSA) is 343 Å². The van der Waals surface area contributed by atoms with E-state index in [0.29, 0.717) is 30.2 Å². The van der Waals surface area contributed by atoms with Crippen molar-refractivity contribution in [3.05, 3.63) is 28.7 Å². The number of aliphatic hydroxyl groups excluding tert-OH is 4. The number of carbonyl (C=O) groups excluding carboxylic acids is 7. The Kier molecular flexibility index (Phi) is 24.1. The van der Waals surface area contributed by atoms with Gasteiger partial charge in [-0.3, -0.25) is 33.6 Å². The minimum Gasteiger partial charge on any atom is -0.506 e. The molecule has 3 heterocycles. The van der Waals surface area contributed by atoms with Crippen molar-refractivity contribution in [1.82, 2.24) is 36.4 Å². The number of aromatic hydroxyl groups is 1. The van der Waals surface area contributed by atoms with Crippen molar-refractivity contribution < 1.29 is 59.1 Å². The summed E-state index contributed by atoms with van der Waals surface area (Å²) in [5.41, 5.74) is 6.50. The number of nitrogen functional groups attached to an aromatic ring is 1. The first-order valence-corrected chi connectivity index (χ1v) is 25.9. The minimum absolute atomic E-state index is 0.0198. The number of β-amino-alcohol motifs (C(OH)–C–C–N with tert-alkyl or cyclic N) is 1. The van der Waals surface area contributed by atoms with E-state index in [1.807, 2.05) is 0 Å². The third-order valence-electron chi connectivity index (χ3n) is 14.2. The molecule has 0 radical (unpaired) electrons. The molecule has 72 heavy (non-hydrogen) atoms. The SMILES string of the molecule is CCC(C)CC(C)CCCCCCCCC(=O)N[C@H]1C[C@@H](O)CNC(=O)C2[C@@H](O)CCN2C(=O)C([C@H](O)CCN=O)NC(=O)C(CCc2ccc(O)c(N)c2)NC(=O)C2CCCN2C(=O)[C@H]([C@@H](C)O)NC1=O. The Morgan fingerprint density at radius 2 is 1.51 bits per heavy atom. The standard InChI is InChI=1S/C50H81N9O13/c1-5-29(2)25-30(3)13-10-8-6-7-9-11-15-41(65)54-36-27-33(61)28-52-48(69)44-40(64)21-24-59(44)50(71)43(39(63)20-22-53-72)57-45(66)35(18-16-32-17-19-38(62)34(51)26-32)55-47(68)37-14-12-23-58(37)49(70)42(31(4)60)56-46(36)67/h17,19,26,29-31,33,35-37,39-40,42-44,60-64H,5-16,18,20-25,27-28,51H2,1-4H3,(H,52,69)(H,54,65)(H,55,68)(H,56,67)(H,57,66)/t29?,30?,31-,33-,35?,36+,37?,39-,40+,42+,43?,44?/m1/s1. The lowest BCUT2D eigenvalue weighted by atomic mass is 9.91. The van der Waals surface area contributed by atoms with Gasteiger partial charge in [0.2, 0.25) is 41.4 Å². The van der Waals surface area contributed by atoms with Crippen LogP contribution >= 0.6 is 0 Å². The summed E-state index contributed by atoms with van der Waals surface area (Å²) in [7, 11) is 0. The Hall–Kier alpha value is -5.45. The first-order chi connectivity index (χ1) is 34.2. The molecule has 0 bridgehead atoms. The first-order valence-electron chi connectivity index (χ1n) is 25.9. The van der Waals surface area contributed by atoms with Gasteiger partial charge in [0.1, 0.15) is 42.0 Å². The van der Waals surface area contributed by atoms with Gasteiger partial charge in [-0.25, -0.2) is 0 Å². The van der Waals surface area contributed by atoms with Crippen LogP contribution in [-0.2, 0) is 40.0 Å². The fourth-order valence-electron chi connectivity index (χ4n) is 9.81. The van der Waals surface area contributed by atoms with Gasteiger partial charge in [-0.1, -0.05) is 77.0 Å². The molecule has 12 atom stereocenters. The number of nitrogens with two attached hydrogens (primary N) is 1. The Balaban J connectivity index is 1.61. The molecule has 1 aromatic carbocycles. The Labute approximate surface area is 422 Å². The van der Waals surface area contributed by atoms with Crippen molar-refractivity contribution >= 4 is 47.0 Å². The van der Waals surface area contributed by atoms with Gasteiger partial charge < -0.3 is 67.7 Å². The highest BCUT2D eigenvalue weighted by Crippen LogP contribution is 2.25. The molecule has 3 saturated heterocycles. The fraction of sp³-hybridized carbons (Fsp3) is 0.740. The van der Waals surface area contributed by atoms with Gasteiger partial charge in [-0.2, -0.15) is 4.91 Å². The summed E-state index contributed by atoms with van der Waals surface area (Å²) >= 11 is 0. The summed E-state index contributed by atoms with van der Waals surface area (Å²) in [5.74, 6) is -4.82. The Morgan fingerprint density at radius 3 is 2.19 bits per heavy atom. The number of rotatable bonds is 21. The number of carbonyl (C=O) groups is 7. The summed E-state index contributed by atoms with van der Waals surface area (Å²) in [4.78, 5) is 112. The van der Waals surface area contributed by atoms with Gasteiger partial charge in [-0.05, 0) is 87.8 Å². The molecule has 3 fully saturated rings. The highest BCUT2D eigenvalue weighted by molar-refractivity contribution is 5.98. The van der Waals surface area contributed by atoms with Crippen molar-refractivity contribution in [2.75, 3.05) is 31.9 Å². The second-order valence-corrected chi connectivity index (χ2v) is 20.2. The maximum atomic E-state index is 14.4. The van der Waals surface area contributed by atoms with E-state index < -0.39 is 128 Å².